The third kappa shape index (κ3) is 5.90. The molecule has 5 rings (SSSR count). The van der Waals surface area contributed by atoms with Crippen LogP contribution in [-0.4, -0.2) is 81.9 Å². The van der Waals surface area contributed by atoms with E-state index in [0.717, 1.165) is 23.6 Å². The number of hydrogen-bond donors (Lipinski definition) is 0. The van der Waals surface area contributed by atoms with Gasteiger partial charge < -0.3 is 19.4 Å². The van der Waals surface area contributed by atoms with Gasteiger partial charge in [-0.05, 0) is 57.0 Å². The number of hydrogen-bond acceptors (Lipinski definition) is 8. The van der Waals surface area contributed by atoms with Crippen molar-refractivity contribution in [1.82, 2.24) is 24.8 Å². The van der Waals surface area contributed by atoms with Crippen LogP contribution in [0.25, 0.3) is 0 Å². The summed E-state index contributed by atoms with van der Waals surface area (Å²) >= 11 is 1.55. The molecule has 0 radical (unpaired) electrons. The van der Waals surface area contributed by atoms with Gasteiger partial charge >= 0.3 is 0 Å². The second-order valence-electron chi connectivity index (χ2n) is 9.66. The molecule has 0 bridgehead atoms. The van der Waals surface area contributed by atoms with E-state index in [4.69, 9.17) is 9.72 Å². The summed E-state index contributed by atoms with van der Waals surface area (Å²) in [5.74, 6) is 1.77. The molecule has 0 atom stereocenters. The van der Waals surface area contributed by atoms with E-state index in [9.17, 15) is 9.59 Å². The van der Waals surface area contributed by atoms with Crippen LogP contribution in [-0.2, 0) is 0 Å². The zero-order chi connectivity index (χ0) is 25.8. The number of carbonyl (C=O) groups is 2. The van der Waals surface area contributed by atoms with E-state index in [2.05, 4.69) is 14.9 Å². The number of carbonyl (C=O) groups excluding carboxylic acids is 2. The molecule has 0 aliphatic carbocycles. The number of thiazole rings is 1. The minimum absolute atomic E-state index is 0.0198. The first-order chi connectivity index (χ1) is 18.0. The second kappa shape index (κ2) is 11.2. The lowest BCUT2D eigenvalue weighted by molar-refractivity contribution is 0.0712. The van der Waals surface area contributed by atoms with Crippen molar-refractivity contribution >= 4 is 29.1 Å². The first-order valence-corrected chi connectivity index (χ1v) is 13.7. The van der Waals surface area contributed by atoms with Crippen LogP contribution >= 0.6 is 11.3 Å². The largest absolute Gasteiger partial charge is 0.491 e. The van der Waals surface area contributed by atoms with Crippen molar-refractivity contribution in [3.8, 4) is 5.75 Å². The zero-order valence-corrected chi connectivity index (χ0v) is 22.1. The Morgan fingerprint density at radius 3 is 2.22 bits per heavy atom. The maximum atomic E-state index is 13.1. The Bertz CT molecular complexity index is 1200. The van der Waals surface area contributed by atoms with E-state index in [1.807, 2.05) is 53.3 Å². The summed E-state index contributed by atoms with van der Waals surface area (Å²) in [6.45, 7) is 7.96. The predicted octanol–water partition coefficient (Wildman–Crippen LogP) is 3.70. The molecule has 2 saturated heterocycles. The molecule has 2 aliphatic rings. The van der Waals surface area contributed by atoms with Crippen LogP contribution in [0.5, 0.6) is 5.75 Å². The van der Waals surface area contributed by atoms with E-state index >= 15 is 0 Å². The minimum Gasteiger partial charge on any atom is -0.491 e. The average molecular weight is 521 g/mol. The highest BCUT2D eigenvalue weighted by Crippen LogP contribution is 2.31. The molecule has 4 heterocycles. The Hall–Kier alpha value is -3.53. The van der Waals surface area contributed by atoms with E-state index in [-0.39, 0.29) is 23.8 Å². The average Bonchev–Trinajstić information content (AvgIpc) is 3.43. The van der Waals surface area contributed by atoms with Crippen LogP contribution in [0.3, 0.4) is 0 Å². The number of nitrogens with zero attached hydrogens (tertiary/aromatic N) is 6. The summed E-state index contributed by atoms with van der Waals surface area (Å²) in [7, 11) is 0. The van der Waals surface area contributed by atoms with Gasteiger partial charge in [-0.25, -0.2) is 15.0 Å². The van der Waals surface area contributed by atoms with Gasteiger partial charge in [-0.1, -0.05) is 0 Å². The lowest BCUT2D eigenvalue weighted by Crippen LogP contribution is -2.49. The molecule has 2 aromatic heterocycles. The maximum absolute atomic E-state index is 13.1. The summed E-state index contributed by atoms with van der Waals surface area (Å²) in [4.78, 5) is 45.2. The number of piperidine rings is 1. The number of anilines is 1. The summed E-state index contributed by atoms with van der Waals surface area (Å²) in [6, 6.07) is 9.16. The van der Waals surface area contributed by atoms with Crippen LogP contribution in [0.15, 0.2) is 48.1 Å². The van der Waals surface area contributed by atoms with Crippen molar-refractivity contribution in [1.29, 1.82) is 0 Å². The molecule has 0 spiro atoms. The van der Waals surface area contributed by atoms with E-state index in [0.29, 0.717) is 56.5 Å². The molecule has 194 valence electrons. The topological polar surface area (TPSA) is 91.8 Å². The normalized spacial score (nSPS) is 16.8. The van der Waals surface area contributed by atoms with Crippen molar-refractivity contribution in [2.75, 3.05) is 44.2 Å². The van der Waals surface area contributed by atoms with Gasteiger partial charge in [0, 0.05) is 68.5 Å². The quantitative estimate of drug-likeness (QED) is 0.489. The van der Waals surface area contributed by atoms with Gasteiger partial charge in [0.1, 0.15) is 11.4 Å². The third-order valence-corrected chi connectivity index (χ3v) is 7.75. The molecule has 0 unspecified atom stereocenters. The number of likely N-dealkylation sites (tertiary alicyclic amines) is 1. The van der Waals surface area contributed by atoms with Gasteiger partial charge in [0.25, 0.3) is 11.8 Å². The van der Waals surface area contributed by atoms with Crippen molar-refractivity contribution in [2.45, 2.75) is 38.7 Å². The Morgan fingerprint density at radius 2 is 1.57 bits per heavy atom. The Labute approximate surface area is 221 Å². The molecule has 9 nitrogen and oxygen atoms in total. The summed E-state index contributed by atoms with van der Waals surface area (Å²) in [5.41, 5.74) is 1.20. The summed E-state index contributed by atoms with van der Waals surface area (Å²) in [5, 5.41) is 2.87. The molecule has 10 heteroatoms. The number of rotatable bonds is 6. The van der Waals surface area contributed by atoms with Gasteiger partial charge in [-0.3, -0.25) is 9.59 Å². The van der Waals surface area contributed by atoms with Crippen molar-refractivity contribution < 1.29 is 14.3 Å². The van der Waals surface area contributed by atoms with Gasteiger partial charge in [0.15, 0.2) is 0 Å². The first kappa shape index (κ1) is 25.1. The van der Waals surface area contributed by atoms with E-state index < -0.39 is 0 Å². The van der Waals surface area contributed by atoms with Crippen LogP contribution in [0.2, 0.25) is 0 Å². The molecule has 1 aromatic carbocycles. The van der Waals surface area contributed by atoms with E-state index in [1.54, 1.807) is 29.8 Å². The Morgan fingerprint density at radius 1 is 0.919 bits per heavy atom. The lowest BCUT2D eigenvalue weighted by atomic mass is 9.97. The molecule has 0 saturated carbocycles. The molecule has 2 aliphatic heterocycles. The molecule has 0 N–H and O–H groups in total. The maximum Gasteiger partial charge on any atom is 0.273 e. The van der Waals surface area contributed by atoms with Crippen molar-refractivity contribution in [3.05, 3.63) is 64.4 Å². The number of amides is 2. The predicted molar refractivity (Wildman–Crippen MR) is 142 cm³/mol. The summed E-state index contributed by atoms with van der Waals surface area (Å²) in [6.07, 6.45) is 5.26. The number of aromatic nitrogens is 3. The molecule has 37 heavy (non-hydrogen) atoms. The lowest BCUT2D eigenvalue weighted by Gasteiger charge is -2.34. The second-order valence-corrected chi connectivity index (χ2v) is 10.5. The smallest absolute Gasteiger partial charge is 0.273 e. The monoisotopic (exact) mass is 520 g/mol. The highest BCUT2D eigenvalue weighted by Gasteiger charge is 2.29. The SMILES string of the molecule is CC(C)Oc1ccc(C(=O)N2CCC(c3nc(C(=O)N4CCN(c5ncccn5)CC4)cs3)CC2)cc1. The van der Waals surface area contributed by atoms with Gasteiger partial charge in [0.2, 0.25) is 5.95 Å². The molecule has 2 amide bonds. The van der Waals surface area contributed by atoms with Crippen molar-refractivity contribution in [3.63, 3.8) is 0 Å². The van der Waals surface area contributed by atoms with Crippen LogP contribution in [0.1, 0.15) is 58.5 Å². The van der Waals surface area contributed by atoms with Gasteiger partial charge in [-0.15, -0.1) is 11.3 Å². The standard InChI is InChI=1S/C27H32N6O3S/c1-19(2)36-22-6-4-21(5-7-22)25(34)31-12-8-20(9-13-31)24-30-23(18-37-24)26(35)32-14-16-33(17-15-32)27-28-10-3-11-29-27/h3-7,10-11,18-20H,8-9,12-17H2,1-2H3. The number of benzene rings is 1. The number of ether oxygens (including phenoxy) is 1. The number of piperazine rings is 1. The minimum atomic E-state index is -0.0198. The fourth-order valence-electron chi connectivity index (χ4n) is 4.76. The fraction of sp³-hybridized carbons (Fsp3) is 0.444. The van der Waals surface area contributed by atoms with E-state index in [1.165, 1.54) is 0 Å². The first-order valence-electron chi connectivity index (χ1n) is 12.8. The molecule has 2 fully saturated rings. The van der Waals surface area contributed by atoms with Crippen LogP contribution in [0.4, 0.5) is 5.95 Å². The van der Waals surface area contributed by atoms with Crippen LogP contribution in [0, 0.1) is 0 Å². The fourth-order valence-corrected chi connectivity index (χ4v) is 5.72. The molecular weight excluding hydrogens is 488 g/mol. The van der Waals surface area contributed by atoms with Crippen LogP contribution < -0.4 is 9.64 Å². The summed E-state index contributed by atoms with van der Waals surface area (Å²) < 4.78 is 5.67. The van der Waals surface area contributed by atoms with Gasteiger partial charge in [0.05, 0.1) is 11.1 Å². The van der Waals surface area contributed by atoms with Crippen molar-refractivity contribution in [2.24, 2.45) is 0 Å². The molecule has 3 aromatic rings. The Kier molecular flexibility index (Phi) is 7.64. The third-order valence-electron chi connectivity index (χ3n) is 6.75. The Balaban J connectivity index is 1.12. The highest BCUT2D eigenvalue weighted by atomic mass is 32.1. The molecular formula is C27H32N6O3S. The zero-order valence-electron chi connectivity index (χ0n) is 21.2. The highest BCUT2D eigenvalue weighted by molar-refractivity contribution is 7.09. The van der Waals surface area contributed by atoms with Gasteiger partial charge in [-0.2, -0.15) is 0 Å².